The zero-order valence-corrected chi connectivity index (χ0v) is 8.96. The van der Waals surface area contributed by atoms with Gasteiger partial charge in [0.1, 0.15) is 11.1 Å². The number of aliphatic hydroxyl groups excluding tert-OH is 1. The van der Waals surface area contributed by atoms with E-state index in [1.54, 1.807) is 12.1 Å². The molecule has 1 aromatic heterocycles. The second-order valence-electron chi connectivity index (χ2n) is 4.33. The zero-order valence-electron chi connectivity index (χ0n) is 8.96. The fraction of sp³-hybridized carbons (Fsp3) is 0.333. The molecule has 0 spiro atoms. The molecule has 0 aliphatic heterocycles. The molecular formula is C12H11NO4. The number of rotatable bonds is 2. The van der Waals surface area contributed by atoms with Crippen LogP contribution in [0.15, 0.2) is 22.6 Å². The van der Waals surface area contributed by atoms with Crippen LogP contribution in [0.25, 0.3) is 11.1 Å². The second kappa shape index (κ2) is 3.56. The van der Waals surface area contributed by atoms with Crippen molar-refractivity contribution in [1.29, 1.82) is 0 Å². The van der Waals surface area contributed by atoms with E-state index < -0.39 is 5.97 Å². The third-order valence-corrected chi connectivity index (χ3v) is 3.12. The predicted octanol–water partition coefficient (Wildman–Crippen LogP) is 1.76. The summed E-state index contributed by atoms with van der Waals surface area (Å²) < 4.78 is 5.51. The number of carbonyl (C=O) groups is 1. The number of carboxylic acids is 1. The summed E-state index contributed by atoms with van der Waals surface area (Å²) in [6, 6.07) is 4.87. The summed E-state index contributed by atoms with van der Waals surface area (Å²) in [5.74, 6) is -0.384. The molecule has 2 aromatic rings. The van der Waals surface area contributed by atoms with E-state index in [1.807, 2.05) is 0 Å². The summed E-state index contributed by atoms with van der Waals surface area (Å²) >= 11 is 0. The summed E-state index contributed by atoms with van der Waals surface area (Å²) in [7, 11) is 0. The van der Waals surface area contributed by atoms with Crippen molar-refractivity contribution in [2.24, 2.45) is 0 Å². The second-order valence-corrected chi connectivity index (χ2v) is 4.33. The molecule has 5 nitrogen and oxygen atoms in total. The van der Waals surface area contributed by atoms with Gasteiger partial charge in [0, 0.05) is 5.92 Å². The molecule has 5 heteroatoms. The third kappa shape index (κ3) is 1.59. The number of hydrogen-bond acceptors (Lipinski definition) is 4. The maximum atomic E-state index is 11.0. The van der Waals surface area contributed by atoms with Gasteiger partial charge >= 0.3 is 5.97 Å². The summed E-state index contributed by atoms with van der Waals surface area (Å²) in [6.07, 6.45) is 0.985. The van der Waals surface area contributed by atoms with Crippen LogP contribution >= 0.6 is 0 Å². The Bertz CT molecular complexity index is 583. The van der Waals surface area contributed by atoms with Crippen LogP contribution in [0.1, 0.15) is 35.0 Å². The first kappa shape index (κ1) is 10.3. The third-order valence-electron chi connectivity index (χ3n) is 3.12. The molecule has 17 heavy (non-hydrogen) atoms. The highest BCUT2D eigenvalue weighted by molar-refractivity contribution is 5.99. The number of oxazole rings is 1. The lowest BCUT2D eigenvalue weighted by Crippen LogP contribution is -2.26. The van der Waals surface area contributed by atoms with Gasteiger partial charge in [0.2, 0.25) is 0 Å². The number of aromatic nitrogens is 1. The van der Waals surface area contributed by atoms with E-state index in [0.717, 1.165) is 0 Å². The summed E-state index contributed by atoms with van der Waals surface area (Å²) in [4.78, 5) is 15.3. The van der Waals surface area contributed by atoms with Crippen molar-refractivity contribution in [1.82, 2.24) is 4.98 Å². The van der Waals surface area contributed by atoms with Crippen molar-refractivity contribution in [3.8, 4) is 0 Å². The molecule has 1 saturated carbocycles. The average molecular weight is 233 g/mol. The van der Waals surface area contributed by atoms with Gasteiger partial charge in [-0.1, -0.05) is 6.07 Å². The molecule has 0 bridgehead atoms. The predicted molar refractivity (Wildman–Crippen MR) is 59.0 cm³/mol. The highest BCUT2D eigenvalue weighted by Gasteiger charge is 2.32. The molecule has 3 rings (SSSR count). The standard InChI is InChI=1S/C12H11NO4/c14-7-4-6(5-7)11-13-9-3-1-2-8(12(15)16)10(9)17-11/h1-3,6-7,14H,4-5H2,(H,15,16). The van der Waals surface area contributed by atoms with Gasteiger partial charge in [-0.3, -0.25) is 0 Å². The van der Waals surface area contributed by atoms with E-state index in [4.69, 9.17) is 9.52 Å². The van der Waals surface area contributed by atoms with Crippen LogP contribution in [0.3, 0.4) is 0 Å². The molecule has 0 saturated heterocycles. The van der Waals surface area contributed by atoms with E-state index in [9.17, 15) is 9.90 Å². The highest BCUT2D eigenvalue weighted by atomic mass is 16.4. The quantitative estimate of drug-likeness (QED) is 0.825. The Hall–Kier alpha value is -1.88. The molecule has 88 valence electrons. The molecule has 1 aliphatic carbocycles. The highest BCUT2D eigenvalue weighted by Crippen LogP contribution is 2.37. The monoisotopic (exact) mass is 233 g/mol. The lowest BCUT2D eigenvalue weighted by atomic mass is 9.82. The van der Waals surface area contributed by atoms with Gasteiger partial charge in [-0.05, 0) is 25.0 Å². The Morgan fingerprint density at radius 2 is 2.18 bits per heavy atom. The number of benzene rings is 1. The number of aliphatic hydroxyl groups is 1. The zero-order chi connectivity index (χ0) is 12.0. The molecule has 2 N–H and O–H groups in total. The van der Waals surface area contributed by atoms with Crippen LogP contribution in [0.2, 0.25) is 0 Å². The molecule has 0 amide bonds. The maximum absolute atomic E-state index is 11.0. The lowest BCUT2D eigenvalue weighted by molar-refractivity contribution is 0.0649. The SMILES string of the molecule is O=C(O)c1cccc2nc(C3CC(O)C3)oc12. The molecule has 0 radical (unpaired) electrons. The number of hydrogen-bond donors (Lipinski definition) is 2. The number of carboxylic acid groups (broad SMARTS) is 1. The van der Waals surface area contributed by atoms with Crippen LogP contribution in [-0.2, 0) is 0 Å². The van der Waals surface area contributed by atoms with Crippen LogP contribution in [0.5, 0.6) is 0 Å². The van der Waals surface area contributed by atoms with Crippen molar-refractivity contribution in [3.63, 3.8) is 0 Å². The summed E-state index contributed by atoms with van der Waals surface area (Å²) in [5.41, 5.74) is 0.999. The first-order valence-electron chi connectivity index (χ1n) is 5.46. The number of aromatic carboxylic acids is 1. The maximum Gasteiger partial charge on any atom is 0.339 e. The lowest BCUT2D eigenvalue weighted by Gasteiger charge is -2.28. The first-order chi connectivity index (χ1) is 8.15. The van der Waals surface area contributed by atoms with Crippen molar-refractivity contribution in [3.05, 3.63) is 29.7 Å². The van der Waals surface area contributed by atoms with Gasteiger partial charge in [-0.2, -0.15) is 0 Å². The van der Waals surface area contributed by atoms with E-state index in [-0.39, 0.29) is 17.6 Å². The van der Waals surface area contributed by atoms with Crippen LogP contribution in [0.4, 0.5) is 0 Å². The van der Waals surface area contributed by atoms with Crippen LogP contribution in [-0.4, -0.2) is 27.3 Å². The Morgan fingerprint density at radius 1 is 1.41 bits per heavy atom. The van der Waals surface area contributed by atoms with Gasteiger partial charge in [0.15, 0.2) is 11.5 Å². The summed E-state index contributed by atoms with van der Waals surface area (Å²) in [5, 5.41) is 18.2. The first-order valence-corrected chi connectivity index (χ1v) is 5.46. The van der Waals surface area contributed by atoms with E-state index in [0.29, 0.717) is 29.8 Å². The van der Waals surface area contributed by atoms with E-state index >= 15 is 0 Å². The topological polar surface area (TPSA) is 83.6 Å². The molecule has 1 aromatic carbocycles. The van der Waals surface area contributed by atoms with E-state index in [2.05, 4.69) is 4.98 Å². The number of para-hydroxylation sites is 1. The molecule has 0 unspecified atom stereocenters. The van der Waals surface area contributed by atoms with Crippen molar-refractivity contribution < 1.29 is 19.4 Å². The van der Waals surface area contributed by atoms with Crippen LogP contribution < -0.4 is 0 Å². The Kier molecular flexibility index (Phi) is 2.16. The van der Waals surface area contributed by atoms with Gasteiger partial charge in [0.25, 0.3) is 0 Å². The minimum Gasteiger partial charge on any atom is -0.478 e. The van der Waals surface area contributed by atoms with Crippen molar-refractivity contribution >= 4 is 17.1 Å². The Balaban J connectivity index is 2.06. The fourth-order valence-electron chi connectivity index (χ4n) is 2.10. The molecular weight excluding hydrogens is 222 g/mol. The van der Waals surface area contributed by atoms with Crippen molar-refractivity contribution in [2.75, 3.05) is 0 Å². The molecule has 1 aliphatic rings. The van der Waals surface area contributed by atoms with Crippen molar-refractivity contribution in [2.45, 2.75) is 24.9 Å². The van der Waals surface area contributed by atoms with Crippen LogP contribution in [0, 0.1) is 0 Å². The van der Waals surface area contributed by atoms with E-state index in [1.165, 1.54) is 6.07 Å². The largest absolute Gasteiger partial charge is 0.478 e. The fourth-order valence-corrected chi connectivity index (χ4v) is 2.10. The average Bonchev–Trinajstić information content (AvgIpc) is 2.66. The van der Waals surface area contributed by atoms with Gasteiger partial charge in [-0.15, -0.1) is 0 Å². The summed E-state index contributed by atoms with van der Waals surface area (Å²) in [6.45, 7) is 0. The molecule has 1 heterocycles. The molecule has 0 atom stereocenters. The minimum absolute atomic E-state index is 0.110. The van der Waals surface area contributed by atoms with Gasteiger partial charge < -0.3 is 14.6 Å². The Labute approximate surface area is 96.7 Å². The number of nitrogens with zero attached hydrogens (tertiary/aromatic N) is 1. The Morgan fingerprint density at radius 3 is 2.82 bits per heavy atom. The minimum atomic E-state index is -1.02. The number of fused-ring (bicyclic) bond motifs is 1. The van der Waals surface area contributed by atoms with Gasteiger partial charge in [0.05, 0.1) is 6.10 Å². The molecule has 1 fully saturated rings. The smallest absolute Gasteiger partial charge is 0.339 e. The normalized spacial score (nSPS) is 23.6. The van der Waals surface area contributed by atoms with Gasteiger partial charge in [-0.25, -0.2) is 9.78 Å².